The first-order chi connectivity index (χ1) is 15.7. The Balaban J connectivity index is 1.84. The highest BCUT2D eigenvalue weighted by molar-refractivity contribution is 6.36. The predicted octanol–water partition coefficient (Wildman–Crippen LogP) is 3.21. The lowest BCUT2D eigenvalue weighted by molar-refractivity contribution is -0.106. The molecule has 1 aromatic carbocycles. The molecule has 0 spiro atoms. The fourth-order valence-corrected chi connectivity index (χ4v) is 3.43. The van der Waals surface area contributed by atoms with Crippen LogP contribution in [0.1, 0.15) is 47.1 Å². The van der Waals surface area contributed by atoms with Crippen molar-refractivity contribution in [2.45, 2.75) is 19.8 Å². The molecule has 11 heteroatoms. The van der Waals surface area contributed by atoms with Gasteiger partial charge in [0, 0.05) is 22.5 Å². The second-order valence-electron chi connectivity index (χ2n) is 7.33. The third kappa shape index (κ3) is 5.76. The number of halogens is 2. The summed E-state index contributed by atoms with van der Waals surface area (Å²) < 4.78 is 0. The molecule has 0 fully saturated rings. The van der Waals surface area contributed by atoms with E-state index in [0.29, 0.717) is 27.7 Å². The number of hydrogen-bond donors (Lipinski definition) is 5. The molecule has 0 saturated heterocycles. The number of hydrogen-bond acceptors (Lipinski definition) is 3. The maximum Gasteiger partial charge on any atom is 0.323 e. The van der Waals surface area contributed by atoms with E-state index in [0.717, 1.165) is 12.0 Å². The van der Waals surface area contributed by atoms with E-state index < -0.39 is 6.03 Å². The number of carbonyl (C=O) groups excluding carboxylic acids is 2. The molecule has 0 aliphatic carbocycles. The normalized spacial score (nSPS) is 11.4. The van der Waals surface area contributed by atoms with Crippen molar-refractivity contribution in [1.82, 2.24) is 9.97 Å². The molecule has 0 unspecified atom stereocenters. The van der Waals surface area contributed by atoms with Crippen LogP contribution in [0.4, 0.5) is 16.2 Å². The molecule has 9 nitrogen and oxygen atoms in total. The number of nitrogens with two attached hydrogens (primary N) is 2. The van der Waals surface area contributed by atoms with Gasteiger partial charge in [-0.15, -0.1) is 0 Å². The Kier molecular flexibility index (Phi) is 7.47. The van der Waals surface area contributed by atoms with Crippen molar-refractivity contribution in [3.05, 3.63) is 75.3 Å². The standard InChI is InChI=1S/C22H21Cl2N7O2/c1-11(2)18-7-15(19(30-18)21(26)28-10-25)20(32)12-5-14(9-27-8-12)29-22(33)31-17-4-3-13(23)6-16(17)24/h3-11,30H,1-2H3,(H3,25,26,28)(H2,29,31,33)/p+1. The van der Waals surface area contributed by atoms with Crippen LogP contribution in [0, 0.1) is 0 Å². The summed E-state index contributed by atoms with van der Waals surface area (Å²) in [6.07, 6.45) is 3.86. The van der Waals surface area contributed by atoms with Crippen LogP contribution in [0.15, 0.2) is 47.7 Å². The number of amidine groups is 1. The monoisotopic (exact) mass is 486 g/mol. The molecule has 170 valence electrons. The lowest BCUT2D eigenvalue weighted by Gasteiger charge is -2.10. The number of urea groups is 1. The molecular formula is C22H22Cl2N7O2+. The van der Waals surface area contributed by atoms with Gasteiger partial charge in [0.2, 0.25) is 0 Å². The summed E-state index contributed by atoms with van der Waals surface area (Å²) in [5.74, 6) is -0.149. The van der Waals surface area contributed by atoms with Gasteiger partial charge in [-0.3, -0.25) is 15.2 Å². The van der Waals surface area contributed by atoms with Crippen LogP contribution < -0.4 is 21.8 Å². The minimum Gasteiger partial charge on any atom is -0.361 e. The Labute approximate surface area is 199 Å². The van der Waals surface area contributed by atoms with Crippen molar-refractivity contribution in [3.63, 3.8) is 0 Å². The molecule has 3 aromatic rings. The molecule has 0 saturated carbocycles. The average molecular weight is 487 g/mol. The van der Waals surface area contributed by atoms with Crippen molar-refractivity contribution in [3.8, 4) is 0 Å². The summed E-state index contributed by atoms with van der Waals surface area (Å²) in [7, 11) is 0. The van der Waals surface area contributed by atoms with Gasteiger partial charge in [0.15, 0.2) is 5.78 Å². The van der Waals surface area contributed by atoms with Crippen LogP contribution in [-0.4, -0.2) is 34.0 Å². The fraction of sp³-hybridized carbons (Fsp3) is 0.136. The number of nitrogens with zero attached hydrogens (tertiary/aromatic N) is 2. The molecule has 0 aliphatic rings. The number of benzene rings is 1. The van der Waals surface area contributed by atoms with Crippen LogP contribution in [0.5, 0.6) is 0 Å². The van der Waals surface area contributed by atoms with Crippen molar-refractivity contribution in [2.24, 2.45) is 10.7 Å². The topological polar surface area (TPSA) is 151 Å². The van der Waals surface area contributed by atoms with Crippen molar-refractivity contribution < 1.29 is 15.0 Å². The molecule has 0 bridgehead atoms. The zero-order valence-corrected chi connectivity index (χ0v) is 19.3. The highest BCUT2D eigenvalue weighted by Gasteiger charge is 2.23. The van der Waals surface area contributed by atoms with E-state index in [1.165, 1.54) is 24.5 Å². The molecular weight excluding hydrogens is 465 g/mol. The number of aromatic nitrogens is 2. The third-order valence-corrected chi connectivity index (χ3v) is 5.16. The highest BCUT2D eigenvalue weighted by atomic mass is 35.5. The predicted molar refractivity (Wildman–Crippen MR) is 130 cm³/mol. The number of ketones is 1. The van der Waals surface area contributed by atoms with Crippen LogP contribution in [0.25, 0.3) is 0 Å². The van der Waals surface area contributed by atoms with Crippen LogP contribution >= 0.6 is 23.2 Å². The Hall–Kier alpha value is -3.69. The minimum atomic E-state index is -0.565. The largest absolute Gasteiger partial charge is 0.361 e. The van der Waals surface area contributed by atoms with E-state index in [1.54, 1.807) is 18.2 Å². The number of H-pyrrole nitrogens is 1. The number of aromatic amines is 1. The second-order valence-corrected chi connectivity index (χ2v) is 8.17. The Morgan fingerprint density at radius 2 is 1.94 bits per heavy atom. The molecule has 0 radical (unpaired) electrons. The van der Waals surface area contributed by atoms with Gasteiger partial charge in [0.25, 0.3) is 12.2 Å². The van der Waals surface area contributed by atoms with Gasteiger partial charge in [0.05, 0.1) is 28.2 Å². The first-order valence-electron chi connectivity index (χ1n) is 9.82. The maximum atomic E-state index is 13.2. The maximum absolute atomic E-state index is 13.2. The second kappa shape index (κ2) is 10.3. The summed E-state index contributed by atoms with van der Waals surface area (Å²) in [6, 6.07) is 7.35. The quantitative estimate of drug-likeness (QED) is 0.198. The average Bonchev–Trinajstić information content (AvgIpc) is 3.21. The Bertz CT molecular complexity index is 1250. The number of carbonyl (C=O) groups is 2. The summed E-state index contributed by atoms with van der Waals surface area (Å²) >= 11 is 12.0. The SMILES string of the molecule is CC(C)c1cc(C(=O)c2cncc(NC(=O)Nc3ccc(Cl)cc3Cl)c2)c(C(N)=NC=[NH2+])[nH]1. The van der Waals surface area contributed by atoms with Crippen LogP contribution in [0.2, 0.25) is 10.0 Å². The summed E-state index contributed by atoms with van der Waals surface area (Å²) in [4.78, 5) is 36.7. The molecule has 3 rings (SSSR count). The molecule has 2 amide bonds. The highest BCUT2D eigenvalue weighted by Crippen LogP contribution is 2.26. The molecule has 2 aromatic heterocycles. The van der Waals surface area contributed by atoms with E-state index in [2.05, 4.69) is 25.6 Å². The van der Waals surface area contributed by atoms with Gasteiger partial charge in [-0.2, -0.15) is 0 Å². The minimum absolute atomic E-state index is 0.0780. The van der Waals surface area contributed by atoms with E-state index in [9.17, 15) is 9.59 Å². The summed E-state index contributed by atoms with van der Waals surface area (Å²) in [5, 5.41) is 11.3. The van der Waals surface area contributed by atoms with Gasteiger partial charge in [-0.05, 0) is 41.2 Å². The fourth-order valence-electron chi connectivity index (χ4n) is 2.98. The van der Waals surface area contributed by atoms with E-state index in [1.807, 2.05) is 13.8 Å². The van der Waals surface area contributed by atoms with Crippen LogP contribution in [0.3, 0.4) is 0 Å². The smallest absolute Gasteiger partial charge is 0.323 e. The molecule has 0 atom stereocenters. The lowest BCUT2D eigenvalue weighted by atomic mass is 10.0. The number of amides is 2. The Morgan fingerprint density at radius 3 is 2.61 bits per heavy atom. The number of aliphatic imine (C=N–C) groups is 1. The van der Waals surface area contributed by atoms with Crippen molar-refractivity contribution in [2.75, 3.05) is 10.6 Å². The van der Waals surface area contributed by atoms with Crippen molar-refractivity contribution >= 4 is 58.6 Å². The molecule has 0 aliphatic heterocycles. The molecule has 33 heavy (non-hydrogen) atoms. The Morgan fingerprint density at radius 1 is 1.18 bits per heavy atom. The number of nitrogens with one attached hydrogen (secondary N) is 3. The van der Waals surface area contributed by atoms with E-state index >= 15 is 0 Å². The summed E-state index contributed by atoms with van der Waals surface area (Å²) in [5.41, 5.74) is 8.40. The number of anilines is 2. The van der Waals surface area contributed by atoms with Gasteiger partial charge < -0.3 is 21.4 Å². The number of pyridine rings is 1. The van der Waals surface area contributed by atoms with Crippen LogP contribution in [-0.2, 0) is 0 Å². The molecule has 2 heterocycles. The molecule has 7 N–H and O–H groups in total. The van der Waals surface area contributed by atoms with Crippen molar-refractivity contribution in [1.29, 1.82) is 0 Å². The third-order valence-electron chi connectivity index (χ3n) is 4.61. The van der Waals surface area contributed by atoms with Gasteiger partial charge in [0.1, 0.15) is 5.69 Å². The first-order valence-corrected chi connectivity index (χ1v) is 10.6. The van der Waals surface area contributed by atoms with E-state index in [-0.39, 0.29) is 28.1 Å². The van der Waals surface area contributed by atoms with Gasteiger partial charge in [-0.25, -0.2) is 4.79 Å². The lowest BCUT2D eigenvalue weighted by Crippen LogP contribution is -2.30. The van der Waals surface area contributed by atoms with Gasteiger partial charge >= 0.3 is 6.03 Å². The number of rotatable bonds is 7. The zero-order chi connectivity index (χ0) is 24.1. The summed E-state index contributed by atoms with van der Waals surface area (Å²) in [6.45, 7) is 3.95. The zero-order valence-electron chi connectivity index (χ0n) is 17.8. The first kappa shape index (κ1) is 24.0. The van der Waals surface area contributed by atoms with E-state index in [4.69, 9.17) is 34.3 Å². The van der Waals surface area contributed by atoms with Gasteiger partial charge in [-0.1, -0.05) is 37.0 Å².